The second-order valence-electron chi connectivity index (χ2n) is 4.26. The summed E-state index contributed by atoms with van der Waals surface area (Å²) in [6, 6.07) is 3.77. The van der Waals surface area contributed by atoms with Gasteiger partial charge in [-0.3, -0.25) is 4.79 Å². The third-order valence-electron chi connectivity index (χ3n) is 2.60. The summed E-state index contributed by atoms with van der Waals surface area (Å²) in [6.45, 7) is 5.89. The number of aromatic nitrogens is 1. The molecule has 0 N–H and O–H groups in total. The summed E-state index contributed by atoms with van der Waals surface area (Å²) in [7, 11) is 0. The summed E-state index contributed by atoms with van der Waals surface area (Å²) in [4.78, 5) is 11.5. The fourth-order valence-electron chi connectivity index (χ4n) is 1.64. The quantitative estimate of drug-likeness (QED) is 0.263. The first-order valence-corrected chi connectivity index (χ1v) is 8.10. The molecule has 0 unspecified atom stereocenters. The molecule has 114 valence electrons. The van der Waals surface area contributed by atoms with E-state index in [-0.39, 0.29) is 18.8 Å². The van der Waals surface area contributed by atoms with Crippen LogP contribution in [-0.4, -0.2) is 22.5 Å². The summed E-state index contributed by atoms with van der Waals surface area (Å²) in [5.74, 6) is -0.0909. The maximum Gasteiger partial charge on any atom is 0.309 e. The number of aryl methyl sites for hydroxylation is 1. The summed E-state index contributed by atoms with van der Waals surface area (Å²) in [5, 5.41) is 12.4. The first-order chi connectivity index (χ1) is 9.99. The van der Waals surface area contributed by atoms with E-state index < -0.39 is 5.97 Å². The highest BCUT2D eigenvalue weighted by Gasteiger charge is 2.19. The molecule has 0 aliphatic carbocycles. The number of carbonyl (C=O) groups is 1. The van der Waals surface area contributed by atoms with Crippen molar-refractivity contribution in [3.05, 3.63) is 35.8 Å². The molecule has 4 nitrogen and oxygen atoms in total. The molecule has 0 aromatic carbocycles. The highest BCUT2D eigenvalue weighted by molar-refractivity contribution is 8.24. The Morgan fingerprint density at radius 3 is 2.52 bits per heavy atom. The van der Waals surface area contributed by atoms with Gasteiger partial charge < -0.3 is 9.84 Å². The summed E-state index contributed by atoms with van der Waals surface area (Å²) >= 11 is 6.72. The van der Waals surface area contributed by atoms with Gasteiger partial charge in [0.1, 0.15) is 4.20 Å². The zero-order chi connectivity index (χ0) is 15.8. The topological polar surface area (TPSA) is 53.2 Å². The van der Waals surface area contributed by atoms with Gasteiger partial charge in [-0.15, -0.1) is 11.8 Å². The number of thiocarbonyl (C=S) groups is 1. The van der Waals surface area contributed by atoms with Crippen LogP contribution in [0.5, 0.6) is 0 Å². The van der Waals surface area contributed by atoms with Crippen molar-refractivity contribution in [1.82, 2.24) is 0 Å². The Labute approximate surface area is 134 Å². The lowest BCUT2D eigenvalue weighted by Crippen LogP contribution is -2.38. The number of carbonyl (C=O) groups excluding carboxylic acids is 1. The molecule has 21 heavy (non-hydrogen) atoms. The minimum Gasteiger partial charge on any atom is -0.871 e. The van der Waals surface area contributed by atoms with E-state index in [1.165, 1.54) is 11.8 Å². The van der Waals surface area contributed by atoms with Crippen LogP contribution in [0.3, 0.4) is 0 Å². The molecule has 0 aliphatic heterocycles. The highest BCUT2D eigenvalue weighted by Crippen LogP contribution is 2.16. The van der Waals surface area contributed by atoms with Crippen LogP contribution in [0.2, 0.25) is 0 Å². The van der Waals surface area contributed by atoms with E-state index in [4.69, 9.17) is 17.0 Å². The van der Waals surface area contributed by atoms with Gasteiger partial charge in [-0.1, -0.05) is 19.1 Å². The number of pyridine rings is 1. The number of nitrogens with zero attached hydrogens (tertiary/aromatic N) is 1. The third-order valence-corrected chi connectivity index (χ3v) is 3.89. The molecule has 6 heteroatoms. The predicted octanol–water partition coefficient (Wildman–Crippen LogP) is 1.85. The van der Waals surface area contributed by atoms with Gasteiger partial charge in [-0.25, -0.2) is 0 Å². The fraction of sp³-hybridized carbons (Fsp3) is 0.400. The van der Waals surface area contributed by atoms with Crippen molar-refractivity contribution in [3.63, 3.8) is 0 Å². The Balaban J connectivity index is 3.14. The van der Waals surface area contributed by atoms with E-state index >= 15 is 0 Å². The molecule has 0 saturated heterocycles. The van der Waals surface area contributed by atoms with Crippen molar-refractivity contribution in [2.24, 2.45) is 0 Å². The minimum absolute atomic E-state index is 0.257. The van der Waals surface area contributed by atoms with Crippen LogP contribution in [0.15, 0.2) is 30.3 Å². The molecule has 0 fully saturated rings. The minimum atomic E-state index is -0.531. The van der Waals surface area contributed by atoms with Crippen LogP contribution in [0, 0.1) is 6.92 Å². The smallest absolute Gasteiger partial charge is 0.309 e. The zero-order valence-corrected chi connectivity index (χ0v) is 14.1. The van der Waals surface area contributed by atoms with Crippen LogP contribution >= 0.6 is 24.0 Å². The van der Waals surface area contributed by atoms with Crippen LogP contribution in [0.1, 0.15) is 25.8 Å². The van der Waals surface area contributed by atoms with Crippen molar-refractivity contribution < 1.29 is 19.2 Å². The van der Waals surface area contributed by atoms with E-state index in [0.717, 1.165) is 11.3 Å². The predicted molar refractivity (Wildman–Crippen MR) is 86.6 cm³/mol. The highest BCUT2D eigenvalue weighted by atomic mass is 32.2. The van der Waals surface area contributed by atoms with Crippen LogP contribution in [0.25, 0.3) is 5.70 Å². The van der Waals surface area contributed by atoms with E-state index in [2.05, 4.69) is 0 Å². The van der Waals surface area contributed by atoms with Gasteiger partial charge in [-0.2, -0.15) is 4.57 Å². The average molecular weight is 325 g/mol. The third kappa shape index (κ3) is 5.47. The lowest BCUT2D eigenvalue weighted by Gasteiger charge is -2.14. The first kappa shape index (κ1) is 17.7. The Morgan fingerprint density at radius 2 is 2.00 bits per heavy atom. The van der Waals surface area contributed by atoms with Gasteiger partial charge in [0.15, 0.2) is 12.4 Å². The van der Waals surface area contributed by atoms with Crippen molar-refractivity contribution >= 4 is 39.8 Å². The SMILES string of the molecule is CCOC(=O)C/C([O-])=C(/C(=S)SCC)[n+]1ccc(C)cc1. The zero-order valence-electron chi connectivity index (χ0n) is 12.4. The van der Waals surface area contributed by atoms with Crippen LogP contribution in [-0.2, 0) is 9.53 Å². The van der Waals surface area contributed by atoms with Gasteiger partial charge in [-0.05, 0) is 30.9 Å². The Morgan fingerprint density at radius 1 is 1.38 bits per heavy atom. The molecule has 0 saturated carbocycles. The van der Waals surface area contributed by atoms with E-state index in [1.54, 1.807) is 23.9 Å². The van der Waals surface area contributed by atoms with Gasteiger partial charge in [0.25, 0.3) is 0 Å². The molecule has 0 atom stereocenters. The molecule has 0 aliphatic rings. The largest absolute Gasteiger partial charge is 0.871 e. The number of hydrogen-bond acceptors (Lipinski definition) is 5. The number of hydrogen-bond donors (Lipinski definition) is 0. The monoisotopic (exact) mass is 325 g/mol. The maximum absolute atomic E-state index is 12.4. The van der Waals surface area contributed by atoms with E-state index in [1.807, 2.05) is 26.0 Å². The van der Waals surface area contributed by atoms with Crippen LogP contribution < -0.4 is 9.67 Å². The Kier molecular flexibility index (Phi) is 7.39. The lowest BCUT2D eigenvalue weighted by molar-refractivity contribution is -0.580. The Hall–Kier alpha value is -1.40. The molecule has 1 aromatic heterocycles. The standard InChI is InChI=1S/C15H19NO3S2/c1-4-19-13(18)10-12(17)14(15(20)21-5-2)16-8-6-11(3)7-9-16/h6-9H,4-5,10H2,1-3H3. The van der Waals surface area contributed by atoms with Gasteiger partial charge in [0.05, 0.1) is 13.0 Å². The van der Waals surface area contributed by atoms with Gasteiger partial charge in [0.2, 0.25) is 5.70 Å². The van der Waals surface area contributed by atoms with Crippen molar-refractivity contribution in [2.45, 2.75) is 27.2 Å². The molecule has 1 aromatic rings. The van der Waals surface area contributed by atoms with Crippen molar-refractivity contribution in [2.75, 3.05) is 12.4 Å². The fourth-order valence-corrected chi connectivity index (χ4v) is 2.83. The maximum atomic E-state index is 12.4. The molecule has 0 radical (unpaired) electrons. The molecule has 1 rings (SSSR count). The second kappa shape index (κ2) is 8.79. The first-order valence-electron chi connectivity index (χ1n) is 6.70. The van der Waals surface area contributed by atoms with Gasteiger partial charge in [0, 0.05) is 12.1 Å². The normalized spacial score (nSPS) is 11.8. The summed E-state index contributed by atoms with van der Waals surface area (Å²) in [6.07, 6.45) is 3.25. The van der Waals surface area contributed by atoms with Gasteiger partial charge >= 0.3 is 5.97 Å². The molecule has 0 spiro atoms. The lowest BCUT2D eigenvalue weighted by atomic mass is 10.2. The Bertz CT molecular complexity index is 538. The molecule has 0 bridgehead atoms. The molecular formula is C15H19NO3S2. The molecular weight excluding hydrogens is 306 g/mol. The number of rotatable bonds is 6. The number of thioether (sulfide) groups is 1. The second-order valence-corrected chi connectivity index (χ2v) is 6.20. The number of esters is 1. The van der Waals surface area contributed by atoms with E-state index in [9.17, 15) is 9.90 Å². The molecule has 0 amide bonds. The average Bonchev–Trinajstić information content (AvgIpc) is 2.41. The van der Waals surface area contributed by atoms with Crippen molar-refractivity contribution in [3.8, 4) is 0 Å². The van der Waals surface area contributed by atoms with Crippen LogP contribution in [0.4, 0.5) is 0 Å². The summed E-state index contributed by atoms with van der Waals surface area (Å²) in [5.41, 5.74) is 1.43. The molecule has 1 heterocycles. The summed E-state index contributed by atoms with van der Waals surface area (Å²) < 4.78 is 6.98. The van der Waals surface area contributed by atoms with Crippen molar-refractivity contribution in [1.29, 1.82) is 0 Å². The van der Waals surface area contributed by atoms with E-state index in [0.29, 0.717) is 9.89 Å². The number of ether oxygens (including phenoxy) is 1.